The van der Waals surface area contributed by atoms with Crippen molar-refractivity contribution in [3.05, 3.63) is 46.3 Å². The van der Waals surface area contributed by atoms with Crippen LogP contribution in [0.5, 0.6) is 0 Å². The molecule has 0 aliphatic carbocycles. The molecule has 0 saturated carbocycles. The van der Waals surface area contributed by atoms with Crippen LogP contribution >= 0.6 is 11.3 Å². The van der Waals surface area contributed by atoms with Gasteiger partial charge in [-0.25, -0.2) is 0 Å². The number of nitrogens with zero attached hydrogens (tertiary/aromatic N) is 1. The van der Waals surface area contributed by atoms with Crippen molar-refractivity contribution in [2.75, 3.05) is 26.3 Å². The predicted molar refractivity (Wildman–Crippen MR) is 112 cm³/mol. The first kappa shape index (κ1) is 19.2. The molecule has 0 bridgehead atoms. The van der Waals surface area contributed by atoms with E-state index in [0.717, 1.165) is 62.9 Å². The lowest BCUT2D eigenvalue weighted by Crippen LogP contribution is -2.50. The minimum atomic E-state index is -0.280. The molecule has 0 unspecified atom stereocenters. The molecule has 0 radical (unpaired) electrons. The van der Waals surface area contributed by atoms with E-state index >= 15 is 0 Å². The zero-order valence-corrected chi connectivity index (χ0v) is 17.4. The number of aliphatic hydroxyl groups excluding tert-OH is 1. The number of hydrogen-bond donors (Lipinski definition) is 1. The van der Waals surface area contributed by atoms with Crippen molar-refractivity contribution in [1.29, 1.82) is 0 Å². The second-order valence-corrected chi connectivity index (χ2v) is 9.25. The summed E-state index contributed by atoms with van der Waals surface area (Å²) in [4.78, 5) is 17.2. The molecule has 3 aliphatic heterocycles. The van der Waals surface area contributed by atoms with Crippen LogP contribution in [-0.4, -0.2) is 48.3 Å². The molecule has 5 nitrogen and oxygen atoms in total. The molecule has 29 heavy (non-hydrogen) atoms. The zero-order chi connectivity index (χ0) is 19.8. The largest absolute Gasteiger partial charge is 0.392 e. The normalized spacial score (nSPS) is 23.3. The van der Waals surface area contributed by atoms with E-state index in [4.69, 9.17) is 9.47 Å². The highest BCUT2D eigenvalue weighted by atomic mass is 32.1. The van der Waals surface area contributed by atoms with E-state index in [1.807, 2.05) is 23.1 Å². The van der Waals surface area contributed by atoms with E-state index in [9.17, 15) is 9.90 Å². The first-order valence-electron chi connectivity index (χ1n) is 10.6. The van der Waals surface area contributed by atoms with Crippen LogP contribution in [0.25, 0.3) is 10.4 Å². The fourth-order valence-electron chi connectivity index (χ4n) is 4.89. The summed E-state index contributed by atoms with van der Waals surface area (Å²) in [5.74, 6) is 0.150. The van der Waals surface area contributed by atoms with E-state index in [-0.39, 0.29) is 24.2 Å². The number of fused-ring (bicyclic) bond motifs is 2. The van der Waals surface area contributed by atoms with Crippen molar-refractivity contribution >= 4 is 17.2 Å². The van der Waals surface area contributed by atoms with E-state index in [1.165, 1.54) is 15.3 Å². The van der Waals surface area contributed by atoms with E-state index in [1.54, 1.807) is 11.3 Å². The van der Waals surface area contributed by atoms with Gasteiger partial charge in [0.2, 0.25) is 0 Å². The highest BCUT2D eigenvalue weighted by Crippen LogP contribution is 2.48. The number of carbonyl (C=O) groups excluding carboxylic acids is 1. The topological polar surface area (TPSA) is 59.0 Å². The first-order chi connectivity index (χ1) is 14.2. The number of benzene rings is 1. The third-order valence-electron chi connectivity index (χ3n) is 6.51. The number of aliphatic hydroxyl groups is 1. The molecule has 2 fully saturated rings. The highest BCUT2D eigenvalue weighted by molar-refractivity contribution is 7.15. The second-order valence-electron chi connectivity index (χ2n) is 8.20. The maximum Gasteiger partial charge on any atom is 0.251 e. The lowest BCUT2D eigenvalue weighted by Gasteiger charge is -2.44. The van der Waals surface area contributed by atoms with Crippen LogP contribution in [0, 0.1) is 0 Å². The Bertz CT molecular complexity index is 894. The Morgan fingerprint density at radius 3 is 2.83 bits per heavy atom. The van der Waals surface area contributed by atoms with Crippen LogP contribution in [0.2, 0.25) is 0 Å². The van der Waals surface area contributed by atoms with Crippen molar-refractivity contribution in [3.8, 4) is 10.4 Å². The predicted octanol–water partition coefficient (Wildman–Crippen LogP) is 3.48. The lowest BCUT2D eigenvalue weighted by molar-refractivity contribution is -0.149. The zero-order valence-electron chi connectivity index (χ0n) is 16.6. The van der Waals surface area contributed by atoms with Crippen molar-refractivity contribution in [1.82, 2.24) is 4.90 Å². The van der Waals surface area contributed by atoms with Gasteiger partial charge >= 0.3 is 0 Å². The fourth-order valence-corrected chi connectivity index (χ4v) is 6.36. The monoisotopic (exact) mass is 413 g/mol. The quantitative estimate of drug-likeness (QED) is 0.837. The minimum absolute atomic E-state index is 0.0424. The van der Waals surface area contributed by atoms with Crippen molar-refractivity contribution in [2.45, 2.75) is 50.4 Å². The first-order valence-corrected chi connectivity index (χ1v) is 11.4. The van der Waals surface area contributed by atoms with Gasteiger partial charge in [-0.2, -0.15) is 0 Å². The van der Waals surface area contributed by atoms with Gasteiger partial charge in [-0.05, 0) is 54.9 Å². The standard InChI is InChI=1S/C23H27NO4S/c25-15-17-4-1-2-5-18(17)20-14-16-7-13-28-23(21(16)29-20)8-10-24(11-9-23)22(26)19-6-3-12-27-19/h1-2,4-5,14,19,25H,3,6-13,15H2/t19-/m0/s1. The van der Waals surface area contributed by atoms with Gasteiger partial charge in [0.1, 0.15) is 11.7 Å². The van der Waals surface area contributed by atoms with Crippen LogP contribution in [-0.2, 0) is 32.9 Å². The molecular formula is C23H27NO4S. The molecule has 2 aromatic rings. The Kier molecular flexibility index (Phi) is 5.20. The Morgan fingerprint density at radius 2 is 2.07 bits per heavy atom. The van der Waals surface area contributed by atoms with Gasteiger partial charge in [-0.15, -0.1) is 11.3 Å². The number of hydrogen-bond acceptors (Lipinski definition) is 5. The summed E-state index contributed by atoms with van der Waals surface area (Å²) in [6, 6.07) is 10.3. The molecule has 6 heteroatoms. The maximum atomic E-state index is 12.7. The van der Waals surface area contributed by atoms with Crippen LogP contribution < -0.4 is 0 Å². The molecule has 5 rings (SSSR count). The van der Waals surface area contributed by atoms with Crippen LogP contribution in [0.15, 0.2) is 30.3 Å². The van der Waals surface area contributed by atoms with Crippen molar-refractivity contribution in [3.63, 3.8) is 0 Å². The average Bonchev–Trinajstić information content (AvgIpc) is 3.45. The van der Waals surface area contributed by atoms with Crippen molar-refractivity contribution < 1.29 is 19.4 Å². The molecular weight excluding hydrogens is 386 g/mol. The summed E-state index contributed by atoms with van der Waals surface area (Å²) in [6.45, 7) is 2.91. The average molecular weight is 414 g/mol. The Labute approximate surface area is 175 Å². The fraction of sp³-hybridized carbons (Fsp3) is 0.522. The number of ether oxygens (including phenoxy) is 2. The number of rotatable bonds is 3. The number of likely N-dealkylation sites (tertiary alicyclic amines) is 1. The number of piperidine rings is 1. The van der Waals surface area contributed by atoms with Crippen LogP contribution in [0.4, 0.5) is 0 Å². The summed E-state index contributed by atoms with van der Waals surface area (Å²) in [7, 11) is 0. The molecule has 3 aliphatic rings. The SMILES string of the molecule is O=C([C@@H]1CCCO1)N1CCC2(CC1)OCCc1cc(-c3ccccc3CO)sc12. The van der Waals surface area contributed by atoms with E-state index in [0.29, 0.717) is 6.61 Å². The van der Waals surface area contributed by atoms with Crippen LogP contribution in [0.1, 0.15) is 41.7 Å². The molecule has 1 spiro atoms. The summed E-state index contributed by atoms with van der Waals surface area (Å²) in [6.07, 6.45) is 4.18. The third-order valence-corrected chi connectivity index (χ3v) is 7.91. The number of thiophene rings is 1. The molecule has 1 aromatic heterocycles. The van der Waals surface area contributed by atoms with Gasteiger partial charge in [0.05, 0.1) is 13.2 Å². The van der Waals surface area contributed by atoms with Gasteiger partial charge in [-0.1, -0.05) is 24.3 Å². The lowest BCUT2D eigenvalue weighted by atomic mass is 9.85. The Morgan fingerprint density at radius 1 is 1.24 bits per heavy atom. The van der Waals surface area contributed by atoms with Crippen molar-refractivity contribution in [2.24, 2.45) is 0 Å². The van der Waals surface area contributed by atoms with Gasteiger partial charge in [0.15, 0.2) is 0 Å². The Balaban J connectivity index is 1.39. The van der Waals surface area contributed by atoms with Gasteiger partial charge in [0, 0.05) is 29.5 Å². The highest BCUT2D eigenvalue weighted by Gasteiger charge is 2.44. The smallest absolute Gasteiger partial charge is 0.251 e. The maximum absolute atomic E-state index is 12.7. The molecule has 2 saturated heterocycles. The number of carbonyl (C=O) groups is 1. The molecule has 1 N–H and O–H groups in total. The van der Waals surface area contributed by atoms with E-state index in [2.05, 4.69) is 12.1 Å². The molecule has 1 aromatic carbocycles. The number of amides is 1. The molecule has 154 valence electrons. The third kappa shape index (κ3) is 3.42. The van der Waals surface area contributed by atoms with Gasteiger partial charge < -0.3 is 19.5 Å². The van der Waals surface area contributed by atoms with Crippen LogP contribution in [0.3, 0.4) is 0 Å². The van der Waals surface area contributed by atoms with E-state index < -0.39 is 0 Å². The minimum Gasteiger partial charge on any atom is -0.392 e. The molecule has 4 heterocycles. The van der Waals surface area contributed by atoms with Gasteiger partial charge in [-0.3, -0.25) is 4.79 Å². The second kappa shape index (κ2) is 7.84. The summed E-state index contributed by atoms with van der Waals surface area (Å²) in [5, 5.41) is 9.73. The summed E-state index contributed by atoms with van der Waals surface area (Å²) < 4.78 is 12.0. The molecule has 1 atom stereocenters. The summed E-state index contributed by atoms with van der Waals surface area (Å²) >= 11 is 1.79. The molecule has 1 amide bonds. The van der Waals surface area contributed by atoms with Gasteiger partial charge in [0.25, 0.3) is 5.91 Å². The summed E-state index contributed by atoms with van der Waals surface area (Å²) in [5.41, 5.74) is 3.15. The Hall–Kier alpha value is -1.73.